The molecular formula is C9H7F2NO2. The van der Waals surface area contributed by atoms with Gasteiger partial charge in [0.2, 0.25) is 5.70 Å². The van der Waals surface area contributed by atoms with E-state index in [1.54, 1.807) is 0 Å². The van der Waals surface area contributed by atoms with Gasteiger partial charge in [0.15, 0.2) is 0 Å². The molecule has 0 atom stereocenters. The van der Waals surface area contributed by atoms with Gasteiger partial charge in [-0.05, 0) is 17.7 Å². The van der Waals surface area contributed by atoms with E-state index in [0.29, 0.717) is 6.07 Å². The zero-order valence-corrected chi connectivity index (χ0v) is 7.33. The summed E-state index contributed by atoms with van der Waals surface area (Å²) in [6.07, 6.45) is 1.10. The number of allylic oxidation sites excluding steroid dienone is 1. The van der Waals surface area contributed by atoms with E-state index in [1.165, 1.54) is 6.92 Å². The monoisotopic (exact) mass is 199 g/mol. The van der Waals surface area contributed by atoms with E-state index in [4.69, 9.17) is 0 Å². The average Bonchev–Trinajstić information content (AvgIpc) is 2.01. The molecular weight excluding hydrogens is 192 g/mol. The molecule has 0 N–H and O–H groups in total. The normalized spacial score (nSPS) is 11.5. The van der Waals surface area contributed by atoms with Crippen molar-refractivity contribution in [2.24, 2.45) is 0 Å². The summed E-state index contributed by atoms with van der Waals surface area (Å²) in [6.45, 7) is 1.25. The van der Waals surface area contributed by atoms with Gasteiger partial charge in [0.25, 0.3) is 0 Å². The molecule has 1 rings (SSSR count). The van der Waals surface area contributed by atoms with Crippen LogP contribution in [0.25, 0.3) is 6.08 Å². The largest absolute Gasteiger partial charge is 0.259 e. The first kappa shape index (κ1) is 10.3. The molecule has 1 aromatic rings. The lowest BCUT2D eigenvalue weighted by atomic mass is 10.2. The van der Waals surface area contributed by atoms with Gasteiger partial charge in [0, 0.05) is 19.1 Å². The minimum atomic E-state index is -0.757. The molecule has 0 fully saturated rings. The topological polar surface area (TPSA) is 43.1 Å². The third kappa shape index (κ3) is 2.62. The fraction of sp³-hybridized carbons (Fsp3) is 0.111. The van der Waals surface area contributed by atoms with E-state index in [1.807, 2.05) is 0 Å². The highest BCUT2D eigenvalue weighted by molar-refractivity contribution is 5.50. The smallest absolute Gasteiger partial charge is 0.243 e. The Morgan fingerprint density at radius 3 is 2.29 bits per heavy atom. The number of halogens is 2. The van der Waals surface area contributed by atoms with Gasteiger partial charge in [-0.2, -0.15) is 0 Å². The summed E-state index contributed by atoms with van der Waals surface area (Å²) in [5.41, 5.74) is -0.0355. The molecule has 0 amide bonds. The zero-order valence-electron chi connectivity index (χ0n) is 7.33. The Morgan fingerprint density at radius 2 is 1.86 bits per heavy atom. The van der Waals surface area contributed by atoms with Crippen molar-refractivity contribution in [3.05, 3.63) is 51.2 Å². The van der Waals surface area contributed by atoms with Crippen LogP contribution in [0.4, 0.5) is 8.78 Å². The van der Waals surface area contributed by atoms with Crippen LogP contribution in [0.5, 0.6) is 0 Å². The Labute approximate surface area is 78.8 Å². The maximum atomic E-state index is 12.6. The predicted octanol–water partition coefficient (Wildman–Crippen LogP) is 2.60. The van der Waals surface area contributed by atoms with Crippen LogP contribution in [0.15, 0.2) is 23.9 Å². The van der Waals surface area contributed by atoms with Gasteiger partial charge in [0.05, 0.1) is 4.92 Å². The molecule has 0 aromatic heterocycles. The zero-order chi connectivity index (χ0) is 10.7. The molecule has 3 nitrogen and oxygen atoms in total. The van der Waals surface area contributed by atoms with Gasteiger partial charge >= 0.3 is 0 Å². The maximum Gasteiger partial charge on any atom is 0.243 e. The summed E-state index contributed by atoms with van der Waals surface area (Å²) in [6, 6.07) is 2.75. The first-order valence-corrected chi connectivity index (χ1v) is 3.78. The van der Waals surface area contributed by atoms with Gasteiger partial charge in [-0.25, -0.2) is 8.78 Å². The van der Waals surface area contributed by atoms with Crippen LogP contribution in [0.2, 0.25) is 0 Å². The van der Waals surface area contributed by atoms with Crippen LogP contribution in [-0.4, -0.2) is 4.92 Å². The standard InChI is InChI=1S/C9H7F2NO2/c1-6(12(13)14)2-7-3-8(10)5-9(11)4-7/h2-5H,1H3/b6-2+. The summed E-state index contributed by atoms with van der Waals surface area (Å²) in [5.74, 6) is -1.51. The number of hydrogen-bond donors (Lipinski definition) is 0. The molecule has 0 aliphatic heterocycles. The van der Waals surface area contributed by atoms with Crippen molar-refractivity contribution >= 4 is 6.08 Å². The van der Waals surface area contributed by atoms with Crippen molar-refractivity contribution in [2.75, 3.05) is 0 Å². The number of nitrogens with zero attached hydrogens (tertiary/aromatic N) is 1. The van der Waals surface area contributed by atoms with E-state index in [2.05, 4.69) is 0 Å². The second-order valence-corrected chi connectivity index (χ2v) is 2.75. The Bertz CT molecular complexity index is 382. The summed E-state index contributed by atoms with van der Waals surface area (Å²) in [4.78, 5) is 9.60. The molecule has 0 radical (unpaired) electrons. The molecule has 0 spiro atoms. The van der Waals surface area contributed by atoms with Crippen molar-refractivity contribution in [3.63, 3.8) is 0 Å². The molecule has 0 saturated carbocycles. The molecule has 0 aliphatic carbocycles. The molecule has 0 aliphatic rings. The van der Waals surface area contributed by atoms with Crippen molar-refractivity contribution in [1.29, 1.82) is 0 Å². The first-order chi connectivity index (χ1) is 6.49. The number of nitro groups is 1. The number of benzene rings is 1. The minimum absolute atomic E-state index is 0.136. The lowest BCUT2D eigenvalue weighted by Gasteiger charge is -1.95. The number of hydrogen-bond acceptors (Lipinski definition) is 2. The summed E-state index contributed by atoms with van der Waals surface area (Å²) in [5, 5.41) is 10.2. The quantitative estimate of drug-likeness (QED) is 0.542. The Hall–Kier alpha value is -1.78. The lowest BCUT2D eigenvalue weighted by molar-refractivity contribution is -0.422. The van der Waals surface area contributed by atoms with Crippen molar-refractivity contribution in [2.45, 2.75) is 6.92 Å². The summed E-state index contributed by atoms with van der Waals surface area (Å²) >= 11 is 0. The van der Waals surface area contributed by atoms with E-state index in [-0.39, 0.29) is 11.3 Å². The third-order valence-electron chi connectivity index (χ3n) is 1.55. The Kier molecular flexibility index (Phi) is 2.91. The summed E-state index contributed by atoms with van der Waals surface area (Å²) < 4.78 is 25.3. The SMILES string of the molecule is C/C(=C\c1cc(F)cc(F)c1)[N+](=O)[O-]. The Morgan fingerprint density at radius 1 is 1.36 bits per heavy atom. The van der Waals surface area contributed by atoms with E-state index < -0.39 is 16.6 Å². The highest BCUT2D eigenvalue weighted by Gasteiger charge is 2.04. The molecule has 0 bridgehead atoms. The van der Waals surface area contributed by atoms with Crippen molar-refractivity contribution in [3.8, 4) is 0 Å². The highest BCUT2D eigenvalue weighted by atomic mass is 19.1. The van der Waals surface area contributed by atoms with Crippen molar-refractivity contribution < 1.29 is 13.7 Å². The van der Waals surface area contributed by atoms with Crippen LogP contribution < -0.4 is 0 Å². The average molecular weight is 199 g/mol. The van der Waals surface area contributed by atoms with Crippen LogP contribution in [0.3, 0.4) is 0 Å². The van der Waals surface area contributed by atoms with Crippen LogP contribution in [-0.2, 0) is 0 Å². The van der Waals surface area contributed by atoms with E-state index in [0.717, 1.165) is 18.2 Å². The highest BCUT2D eigenvalue weighted by Crippen LogP contribution is 2.11. The van der Waals surface area contributed by atoms with Crippen LogP contribution in [0.1, 0.15) is 12.5 Å². The van der Waals surface area contributed by atoms with Crippen LogP contribution >= 0.6 is 0 Å². The summed E-state index contributed by atoms with van der Waals surface area (Å²) in [7, 11) is 0. The molecule has 0 saturated heterocycles. The molecule has 0 unspecified atom stereocenters. The third-order valence-corrected chi connectivity index (χ3v) is 1.55. The fourth-order valence-electron chi connectivity index (χ4n) is 0.952. The minimum Gasteiger partial charge on any atom is -0.259 e. The number of rotatable bonds is 2. The van der Waals surface area contributed by atoms with Crippen LogP contribution in [0, 0.1) is 21.7 Å². The van der Waals surface area contributed by atoms with Gasteiger partial charge in [-0.1, -0.05) is 0 Å². The van der Waals surface area contributed by atoms with E-state index >= 15 is 0 Å². The predicted molar refractivity (Wildman–Crippen MR) is 47.0 cm³/mol. The fourth-order valence-corrected chi connectivity index (χ4v) is 0.952. The first-order valence-electron chi connectivity index (χ1n) is 3.78. The second kappa shape index (κ2) is 3.95. The lowest BCUT2D eigenvalue weighted by Crippen LogP contribution is -1.93. The Balaban J connectivity index is 3.08. The molecule has 74 valence electrons. The van der Waals surface area contributed by atoms with Crippen molar-refractivity contribution in [1.82, 2.24) is 0 Å². The second-order valence-electron chi connectivity index (χ2n) is 2.75. The van der Waals surface area contributed by atoms with Gasteiger partial charge in [-0.15, -0.1) is 0 Å². The van der Waals surface area contributed by atoms with Gasteiger partial charge in [-0.3, -0.25) is 10.1 Å². The van der Waals surface area contributed by atoms with Gasteiger partial charge < -0.3 is 0 Å². The molecule has 0 heterocycles. The molecule has 5 heteroatoms. The molecule has 14 heavy (non-hydrogen) atoms. The maximum absolute atomic E-state index is 12.6. The van der Waals surface area contributed by atoms with Gasteiger partial charge in [0.1, 0.15) is 11.6 Å². The molecule has 1 aromatic carbocycles. The van der Waals surface area contributed by atoms with E-state index in [9.17, 15) is 18.9 Å².